The highest BCUT2D eigenvalue weighted by molar-refractivity contribution is 9.11. The smallest absolute Gasteiger partial charge is 0.337 e. The van der Waals surface area contributed by atoms with Crippen LogP contribution in [-0.4, -0.2) is 63.1 Å². The number of hydrogen-bond donors (Lipinski definition) is 1. The van der Waals surface area contributed by atoms with Gasteiger partial charge in [0, 0.05) is 36.2 Å². The van der Waals surface area contributed by atoms with Crippen LogP contribution in [0.3, 0.4) is 0 Å². The molecule has 0 saturated carbocycles. The molecular weight excluding hydrogens is 606 g/mol. The van der Waals surface area contributed by atoms with Gasteiger partial charge < -0.3 is 24.6 Å². The molecule has 1 fully saturated rings. The van der Waals surface area contributed by atoms with E-state index in [1.165, 1.54) is 14.2 Å². The molecular formula is C27H25Br2N3O5. The second-order valence-corrected chi connectivity index (χ2v) is 10.1. The first-order valence-electron chi connectivity index (χ1n) is 11.5. The van der Waals surface area contributed by atoms with Gasteiger partial charge in [-0.15, -0.1) is 0 Å². The highest BCUT2D eigenvalue weighted by Crippen LogP contribution is 2.35. The Kier molecular flexibility index (Phi) is 8.50. The molecule has 37 heavy (non-hydrogen) atoms. The van der Waals surface area contributed by atoms with E-state index in [1.807, 2.05) is 35.2 Å². The van der Waals surface area contributed by atoms with Crippen molar-refractivity contribution in [3.8, 4) is 5.75 Å². The molecule has 0 spiro atoms. The number of benzene rings is 3. The number of halogens is 2. The lowest BCUT2D eigenvalue weighted by molar-refractivity contribution is 0.0600. The minimum Gasteiger partial charge on any atom is -0.495 e. The number of carbonyl (C=O) groups is 3. The Bertz CT molecular complexity index is 1330. The van der Waals surface area contributed by atoms with Gasteiger partial charge >= 0.3 is 5.97 Å². The molecule has 1 heterocycles. The summed E-state index contributed by atoms with van der Waals surface area (Å²) in [5.74, 6) is -0.537. The predicted molar refractivity (Wildman–Crippen MR) is 149 cm³/mol. The highest BCUT2D eigenvalue weighted by Gasteiger charge is 2.25. The van der Waals surface area contributed by atoms with Crippen molar-refractivity contribution in [2.75, 3.05) is 50.6 Å². The molecule has 0 aromatic heterocycles. The van der Waals surface area contributed by atoms with Crippen LogP contribution in [0.1, 0.15) is 31.1 Å². The number of hydrogen-bond acceptors (Lipinski definition) is 6. The first kappa shape index (κ1) is 26.7. The summed E-state index contributed by atoms with van der Waals surface area (Å²) in [6.45, 7) is 2.16. The molecule has 0 unspecified atom stereocenters. The van der Waals surface area contributed by atoms with Crippen molar-refractivity contribution in [3.05, 3.63) is 86.3 Å². The van der Waals surface area contributed by atoms with Crippen LogP contribution in [-0.2, 0) is 4.74 Å². The number of anilines is 2. The van der Waals surface area contributed by atoms with Crippen molar-refractivity contribution in [3.63, 3.8) is 0 Å². The summed E-state index contributed by atoms with van der Waals surface area (Å²) in [5, 5.41) is 2.94. The molecule has 10 heteroatoms. The van der Waals surface area contributed by atoms with E-state index in [-0.39, 0.29) is 5.91 Å². The molecule has 1 N–H and O–H groups in total. The third-order valence-corrected chi connectivity index (χ3v) is 7.10. The summed E-state index contributed by atoms with van der Waals surface area (Å²) < 4.78 is 11.6. The minimum atomic E-state index is -0.511. The number of methoxy groups -OCH3 is 2. The van der Waals surface area contributed by atoms with Gasteiger partial charge in [0.1, 0.15) is 5.75 Å². The van der Waals surface area contributed by atoms with Gasteiger partial charge in [0.25, 0.3) is 11.8 Å². The molecule has 0 bridgehead atoms. The van der Waals surface area contributed by atoms with Gasteiger partial charge in [0.15, 0.2) is 0 Å². The molecule has 2 amide bonds. The molecule has 0 radical (unpaired) electrons. The van der Waals surface area contributed by atoms with Crippen LogP contribution in [0, 0.1) is 0 Å². The average molecular weight is 631 g/mol. The Balaban J connectivity index is 1.59. The number of nitrogens with zero attached hydrogens (tertiary/aromatic N) is 2. The van der Waals surface area contributed by atoms with Crippen LogP contribution in [0.4, 0.5) is 11.4 Å². The molecule has 1 aliphatic rings. The number of ether oxygens (including phenoxy) is 2. The zero-order chi connectivity index (χ0) is 26.5. The zero-order valence-electron chi connectivity index (χ0n) is 20.3. The summed E-state index contributed by atoms with van der Waals surface area (Å²) in [7, 11) is 2.80. The van der Waals surface area contributed by atoms with Gasteiger partial charge in [-0.05, 0) is 58.4 Å². The second-order valence-electron chi connectivity index (χ2n) is 8.29. The lowest BCUT2D eigenvalue weighted by Gasteiger charge is -2.37. The molecule has 4 rings (SSSR count). The van der Waals surface area contributed by atoms with E-state index < -0.39 is 11.9 Å². The largest absolute Gasteiger partial charge is 0.495 e. The van der Waals surface area contributed by atoms with Crippen molar-refractivity contribution in [1.82, 2.24) is 4.90 Å². The van der Waals surface area contributed by atoms with Gasteiger partial charge in [0.2, 0.25) is 0 Å². The normalized spacial score (nSPS) is 13.2. The number of nitrogens with one attached hydrogen (secondary N) is 1. The summed E-state index contributed by atoms with van der Waals surface area (Å²) in [5.41, 5.74) is 2.47. The van der Waals surface area contributed by atoms with Crippen LogP contribution < -0.4 is 15.0 Å². The van der Waals surface area contributed by atoms with E-state index >= 15 is 0 Å². The van der Waals surface area contributed by atoms with Crippen LogP contribution in [0.15, 0.2) is 69.6 Å². The van der Waals surface area contributed by atoms with E-state index in [1.54, 1.807) is 30.3 Å². The molecule has 1 saturated heterocycles. The maximum atomic E-state index is 13.4. The summed E-state index contributed by atoms with van der Waals surface area (Å²) in [6, 6.07) is 17.7. The lowest BCUT2D eigenvalue weighted by atomic mass is 10.1. The van der Waals surface area contributed by atoms with Gasteiger partial charge in [-0.2, -0.15) is 0 Å². The van der Waals surface area contributed by atoms with Crippen LogP contribution in [0.2, 0.25) is 0 Å². The predicted octanol–water partition coefficient (Wildman–Crippen LogP) is 5.22. The van der Waals surface area contributed by atoms with Crippen LogP contribution in [0.5, 0.6) is 5.75 Å². The van der Waals surface area contributed by atoms with E-state index in [9.17, 15) is 14.4 Å². The zero-order valence-corrected chi connectivity index (χ0v) is 23.5. The number of carbonyl (C=O) groups excluding carboxylic acids is 3. The van der Waals surface area contributed by atoms with Gasteiger partial charge in [0.05, 0.1) is 41.2 Å². The molecule has 192 valence electrons. The van der Waals surface area contributed by atoms with E-state index in [4.69, 9.17) is 9.47 Å². The number of esters is 1. The van der Waals surface area contributed by atoms with Gasteiger partial charge in [-0.3, -0.25) is 9.59 Å². The van der Waals surface area contributed by atoms with E-state index in [2.05, 4.69) is 42.1 Å². The first-order chi connectivity index (χ1) is 17.8. The van der Waals surface area contributed by atoms with Gasteiger partial charge in [-0.25, -0.2) is 4.79 Å². The summed E-state index contributed by atoms with van der Waals surface area (Å²) in [4.78, 5) is 42.3. The summed E-state index contributed by atoms with van der Waals surface area (Å²) in [6.07, 6.45) is 0. The fraction of sp³-hybridized carbons (Fsp3) is 0.222. The molecule has 8 nitrogen and oxygen atoms in total. The number of rotatable bonds is 6. The van der Waals surface area contributed by atoms with E-state index in [0.29, 0.717) is 63.3 Å². The van der Waals surface area contributed by atoms with Crippen molar-refractivity contribution < 1.29 is 23.9 Å². The van der Waals surface area contributed by atoms with Crippen molar-refractivity contribution in [2.24, 2.45) is 0 Å². The number of piperazine rings is 1. The van der Waals surface area contributed by atoms with Crippen LogP contribution >= 0.6 is 31.9 Å². The molecule has 0 aliphatic carbocycles. The quantitative estimate of drug-likeness (QED) is 0.376. The van der Waals surface area contributed by atoms with E-state index in [0.717, 1.165) is 5.69 Å². The molecule has 0 atom stereocenters. The first-order valence-corrected chi connectivity index (χ1v) is 13.1. The second kappa shape index (κ2) is 11.8. The fourth-order valence-corrected chi connectivity index (χ4v) is 5.58. The molecule has 3 aromatic rings. The Labute approximate surface area is 231 Å². The monoisotopic (exact) mass is 629 g/mol. The lowest BCUT2D eigenvalue weighted by Crippen LogP contribution is -2.49. The number of amides is 2. The topological polar surface area (TPSA) is 88.2 Å². The third-order valence-electron chi connectivity index (χ3n) is 6.05. The Morgan fingerprint density at radius 1 is 0.865 bits per heavy atom. The van der Waals surface area contributed by atoms with Crippen LogP contribution in [0.25, 0.3) is 0 Å². The standard InChI is InChI=1S/C27H25Br2N3O5/c1-36-24-20(15-19(28)16-21(24)29)25(33)30-22-14-18(27(35)37-2)8-9-23(22)31-10-12-32(13-11-31)26(34)17-6-4-3-5-7-17/h3-9,14-16H,10-13H2,1-2H3,(H,30,33). The Morgan fingerprint density at radius 2 is 1.57 bits per heavy atom. The highest BCUT2D eigenvalue weighted by atomic mass is 79.9. The third kappa shape index (κ3) is 5.97. The molecule has 3 aromatic carbocycles. The summed E-state index contributed by atoms with van der Waals surface area (Å²) >= 11 is 6.84. The van der Waals surface area contributed by atoms with Gasteiger partial charge in [-0.1, -0.05) is 34.1 Å². The van der Waals surface area contributed by atoms with Crippen molar-refractivity contribution in [2.45, 2.75) is 0 Å². The SMILES string of the molecule is COC(=O)c1ccc(N2CCN(C(=O)c3ccccc3)CC2)c(NC(=O)c2cc(Br)cc(Br)c2OC)c1. The van der Waals surface area contributed by atoms with Crippen molar-refractivity contribution in [1.29, 1.82) is 0 Å². The fourth-order valence-electron chi connectivity index (χ4n) is 4.20. The Hall–Kier alpha value is -3.37. The Morgan fingerprint density at radius 3 is 2.22 bits per heavy atom. The van der Waals surface area contributed by atoms with Crippen molar-refractivity contribution >= 4 is 61.0 Å². The minimum absolute atomic E-state index is 0.0119. The molecule has 1 aliphatic heterocycles. The maximum absolute atomic E-state index is 13.4. The average Bonchev–Trinajstić information content (AvgIpc) is 2.92. The maximum Gasteiger partial charge on any atom is 0.337 e.